The number of hydrogen-bond acceptors (Lipinski definition) is 5. The van der Waals surface area contributed by atoms with E-state index < -0.39 is 0 Å². The molecule has 0 fully saturated rings. The predicted molar refractivity (Wildman–Crippen MR) is 130 cm³/mol. The Morgan fingerprint density at radius 1 is 0.727 bits per heavy atom. The Bertz CT molecular complexity index is 1110. The van der Waals surface area contributed by atoms with Crippen LogP contribution in [0, 0.1) is 5.92 Å². The van der Waals surface area contributed by atoms with E-state index in [9.17, 15) is 5.11 Å². The summed E-state index contributed by atoms with van der Waals surface area (Å²) in [5.74, 6) is 0.824. The number of hydrogen-bond donors (Lipinski definition) is 1. The van der Waals surface area contributed by atoms with E-state index in [1.54, 1.807) is 6.07 Å². The van der Waals surface area contributed by atoms with Gasteiger partial charge in [-0.1, -0.05) is 50.2 Å². The van der Waals surface area contributed by atoms with Crippen molar-refractivity contribution in [3.8, 4) is 5.75 Å². The van der Waals surface area contributed by atoms with Crippen molar-refractivity contribution in [2.24, 2.45) is 5.92 Å². The zero-order chi connectivity index (χ0) is 23.0. The maximum Gasteiger partial charge on any atom is 0.120 e. The lowest BCUT2D eigenvalue weighted by molar-refractivity contribution is 0.195. The molecular weight excluding hydrogens is 408 g/mol. The van der Waals surface area contributed by atoms with Crippen LogP contribution in [0.15, 0.2) is 91.3 Å². The molecule has 5 nitrogen and oxygen atoms in total. The van der Waals surface area contributed by atoms with Crippen molar-refractivity contribution in [2.45, 2.75) is 39.4 Å². The predicted octanol–water partition coefficient (Wildman–Crippen LogP) is 5.57. The molecule has 1 N–H and O–H groups in total. The van der Waals surface area contributed by atoms with Gasteiger partial charge in [0.25, 0.3) is 0 Å². The second kappa shape index (κ2) is 10.8. The maximum absolute atomic E-state index is 10.5. The van der Waals surface area contributed by atoms with Crippen molar-refractivity contribution in [3.63, 3.8) is 0 Å². The van der Waals surface area contributed by atoms with E-state index in [0.29, 0.717) is 19.0 Å². The number of nitrogens with zero attached hydrogens (tertiary/aromatic N) is 4. The zero-order valence-corrected chi connectivity index (χ0v) is 19.2. The number of benzene rings is 1. The van der Waals surface area contributed by atoms with E-state index in [1.165, 1.54) is 0 Å². The number of aromatic nitrogens is 3. The highest BCUT2D eigenvalue weighted by atomic mass is 16.3. The summed E-state index contributed by atoms with van der Waals surface area (Å²) in [6.45, 7) is 5.53. The normalized spacial score (nSPS) is 11.4. The number of para-hydroxylation sites is 1. The Hall–Kier alpha value is -3.57. The fourth-order valence-electron chi connectivity index (χ4n) is 4.06. The molecule has 3 aromatic heterocycles. The van der Waals surface area contributed by atoms with Crippen molar-refractivity contribution in [3.05, 3.63) is 120 Å². The number of phenols is 1. The lowest BCUT2D eigenvalue weighted by atomic mass is 10.0. The summed E-state index contributed by atoms with van der Waals surface area (Å²) in [7, 11) is 0. The number of pyridine rings is 3. The molecule has 0 atom stereocenters. The van der Waals surface area contributed by atoms with Crippen molar-refractivity contribution in [1.82, 2.24) is 19.9 Å². The highest BCUT2D eigenvalue weighted by Crippen LogP contribution is 2.31. The highest BCUT2D eigenvalue weighted by molar-refractivity contribution is 5.32. The van der Waals surface area contributed by atoms with Crippen LogP contribution >= 0.6 is 0 Å². The van der Waals surface area contributed by atoms with Gasteiger partial charge < -0.3 is 5.11 Å². The summed E-state index contributed by atoms with van der Waals surface area (Å²) in [5.41, 5.74) is 4.75. The van der Waals surface area contributed by atoms with Crippen molar-refractivity contribution in [2.75, 3.05) is 0 Å². The van der Waals surface area contributed by atoms with Crippen LogP contribution in [0.3, 0.4) is 0 Å². The number of phenolic OH excluding ortho intramolecular Hbond substituents is 1. The number of aromatic hydroxyl groups is 1. The van der Waals surface area contributed by atoms with Crippen LogP contribution in [0.2, 0.25) is 0 Å². The van der Waals surface area contributed by atoms with E-state index in [2.05, 4.69) is 46.9 Å². The Morgan fingerprint density at radius 2 is 1.36 bits per heavy atom. The van der Waals surface area contributed by atoms with Gasteiger partial charge in [-0.15, -0.1) is 0 Å². The summed E-state index contributed by atoms with van der Waals surface area (Å²) < 4.78 is 0. The van der Waals surface area contributed by atoms with E-state index in [-0.39, 0.29) is 11.8 Å². The average Bonchev–Trinajstić information content (AvgIpc) is 2.82. The van der Waals surface area contributed by atoms with E-state index in [0.717, 1.165) is 34.8 Å². The van der Waals surface area contributed by atoms with E-state index in [4.69, 9.17) is 4.98 Å². The molecule has 0 aliphatic heterocycles. The molecular formula is C28H30N4O. The van der Waals surface area contributed by atoms with Crippen LogP contribution in [0.5, 0.6) is 5.75 Å². The second-order valence-corrected chi connectivity index (χ2v) is 8.66. The molecule has 0 aliphatic rings. The third-order valence-corrected chi connectivity index (χ3v) is 5.51. The monoisotopic (exact) mass is 438 g/mol. The van der Waals surface area contributed by atoms with Gasteiger partial charge in [0.15, 0.2) is 0 Å². The van der Waals surface area contributed by atoms with E-state index in [1.807, 2.05) is 67.0 Å². The molecule has 0 bridgehead atoms. The summed E-state index contributed by atoms with van der Waals surface area (Å²) in [5, 5.41) is 10.5. The van der Waals surface area contributed by atoms with Gasteiger partial charge in [0.05, 0.1) is 23.1 Å². The minimum Gasteiger partial charge on any atom is -0.508 e. The molecule has 0 aliphatic carbocycles. The highest BCUT2D eigenvalue weighted by Gasteiger charge is 2.26. The third kappa shape index (κ3) is 6.02. The molecule has 0 radical (unpaired) electrons. The standard InChI is InChI=1S/C28H30N4O/c1-21(2)18-23-11-9-12-24(31-23)20-32(19-22-10-3-4-15-27(22)33)28(25-13-5-7-16-29-25)26-14-6-8-17-30-26/h3-17,21,28,33H,18-20H2,1-2H3. The molecule has 0 amide bonds. The molecule has 0 unspecified atom stereocenters. The quantitative estimate of drug-likeness (QED) is 0.370. The third-order valence-electron chi connectivity index (χ3n) is 5.51. The first-order chi connectivity index (χ1) is 16.1. The van der Waals surface area contributed by atoms with Crippen LogP contribution in [0.4, 0.5) is 0 Å². The van der Waals surface area contributed by atoms with Crippen molar-refractivity contribution < 1.29 is 5.11 Å². The molecule has 5 heteroatoms. The minimum atomic E-state index is -0.192. The SMILES string of the molecule is CC(C)Cc1cccc(CN(Cc2ccccc2O)C(c2ccccn2)c2ccccn2)n1. The molecule has 0 saturated carbocycles. The Morgan fingerprint density at radius 3 is 1.97 bits per heavy atom. The molecule has 0 saturated heterocycles. The summed E-state index contributed by atoms with van der Waals surface area (Å²) in [6, 6.07) is 25.4. The van der Waals surface area contributed by atoms with Crippen molar-refractivity contribution in [1.29, 1.82) is 0 Å². The van der Waals surface area contributed by atoms with Crippen LogP contribution in [-0.4, -0.2) is 25.0 Å². The van der Waals surface area contributed by atoms with Gasteiger partial charge in [-0.2, -0.15) is 0 Å². The first kappa shape index (κ1) is 22.6. The van der Waals surface area contributed by atoms with Crippen molar-refractivity contribution >= 4 is 0 Å². The Labute approximate surface area is 195 Å². The van der Waals surface area contributed by atoms with Gasteiger partial charge in [-0.05, 0) is 54.8 Å². The topological polar surface area (TPSA) is 62.1 Å². The van der Waals surface area contributed by atoms with Gasteiger partial charge in [0.2, 0.25) is 0 Å². The Balaban J connectivity index is 1.76. The minimum absolute atomic E-state index is 0.192. The largest absolute Gasteiger partial charge is 0.508 e. The van der Waals surface area contributed by atoms with Crippen LogP contribution in [-0.2, 0) is 19.5 Å². The molecule has 4 rings (SSSR count). The van der Waals surface area contributed by atoms with Gasteiger partial charge >= 0.3 is 0 Å². The molecule has 0 spiro atoms. The molecule has 3 heterocycles. The fourth-order valence-corrected chi connectivity index (χ4v) is 4.06. The van der Waals surface area contributed by atoms with Crippen LogP contribution in [0.1, 0.15) is 48.2 Å². The van der Waals surface area contributed by atoms with E-state index >= 15 is 0 Å². The summed E-state index contributed by atoms with van der Waals surface area (Å²) in [6.07, 6.45) is 4.56. The first-order valence-electron chi connectivity index (χ1n) is 11.4. The lowest BCUT2D eigenvalue weighted by Gasteiger charge is -2.31. The molecule has 33 heavy (non-hydrogen) atoms. The first-order valence-corrected chi connectivity index (χ1v) is 11.4. The average molecular weight is 439 g/mol. The van der Waals surface area contributed by atoms with Crippen LogP contribution < -0.4 is 0 Å². The van der Waals surface area contributed by atoms with Gasteiger partial charge in [-0.3, -0.25) is 19.9 Å². The lowest BCUT2D eigenvalue weighted by Crippen LogP contribution is -2.30. The van der Waals surface area contributed by atoms with Gasteiger partial charge in [0.1, 0.15) is 5.75 Å². The second-order valence-electron chi connectivity index (χ2n) is 8.66. The van der Waals surface area contributed by atoms with Crippen LogP contribution in [0.25, 0.3) is 0 Å². The van der Waals surface area contributed by atoms with Gasteiger partial charge in [0, 0.05) is 36.7 Å². The summed E-state index contributed by atoms with van der Waals surface area (Å²) in [4.78, 5) is 16.6. The molecule has 168 valence electrons. The zero-order valence-electron chi connectivity index (χ0n) is 19.2. The number of rotatable bonds is 9. The molecule has 4 aromatic rings. The smallest absolute Gasteiger partial charge is 0.120 e. The van der Waals surface area contributed by atoms with Gasteiger partial charge in [-0.25, -0.2) is 0 Å². The Kier molecular flexibility index (Phi) is 7.43. The summed E-state index contributed by atoms with van der Waals surface area (Å²) >= 11 is 0. The molecule has 1 aromatic carbocycles. The maximum atomic E-state index is 10.5. The fraction of sp³-hybridized carbons (Fsp3) is 0.250.